The van der Waals surface area contributed by atoms with Crippen molar-refractivity contribution >= 4 is 0 Å². The van der Waals surface area contributed by atoms with Crippen LogP contribution < -0.4 is 37.2 Å². The van der Waals surface area contributed by atoms with Crippen molar-refractivity contribution in [3.8, 4) is 0 Å². The number of rotatable bonds is 0. The predicted molar refractivity (Wildman–Crippen MR) is 43.4 cm³/mol. The summed E-state index contributed by atoms with van der Waals surface area (Å²) in [6, 6.07) is 0. The van der Waals surface area contributed by atoms with Gasteiger partial charge in [-0.05, 0) is 12.3 Å². The molecule has 2 atom stereocenters. The van der Waals surface area contributed by atoms with E-state index in [2.05, 4.69) is 31.6 Å². The molecule has 0 aromatic carbocycles. The standard InChI is InChI=1S/C10H13.3ClH.Ti/c1-8-6-9-4-2-3-5-10(9)7-8;;;;/h2-4,6,8,10H,5,7H2,1H3;3*1H;/q-1;;;;+4/p-3. The summed E-state index contributed by atoms with van der Waals surface area (Å²) >= 11 is 0. The third-order valence-electron chi connectivity index (χ3n) is 2.45. The van der Waals surface area contributed by atoms with Crippen molar-refractivity contribution in [2.24, 2.45) is 11.8 Å². The van der Waals surface area contributed by atoms with Crippen LogP contribution in [-0.4, -0.2) is 0 Å². The van der Waals surface area contributed by atoms with Gasteiger partial charge >= 0.3 is 21.7 Å². The molecule has 1 saturated carbocycles. The molecule has 0 bridgehead atoms. The van der Waals surface area contributed by atoms with E-state index in [0.717, 1.165) is 11.8 Å². The summed E-state index contributed by atoms with van der Waals surface area (Å²) in [6.45, 7) is 2.30. The number of hydrogen-bond donors (Lipinski definition) is 0. The second-order valence-corrected chi connectivity index (χ2v) is 3.41. The molecule has 0 saturated heterocycles. The molecule has 14 heavy (non-hydrogen) atoms. The summed E-state index contributed by atoms with van der Waals surface area (Å²) in [5, 5.41) is 0. The minimum Gasteiger partial charge on any atom is -1.00 e. The first-order valence-electron chi connectivity index (χ1n) is 4.08. The average molecular weight is 287 g/mol. The van der Waals surface area contributed by atoms with E-state index in [1.807, 2.05) is 0 Å². The Kier molecular flexibility index (Phi) is 13.4. The van der Waals surface area contributed by atoms with Gasteiger partial charge in [0.25, 0.3) is 0 Å². The van der Waals surface area contributed by atoms with Crippen LogP contribution in [0.15, 0.2) is 23.8 Å². The Morgan fingerprint density at radius 1 is 1.29 bits per heavy atom. The van der Waals surface area contributed by atoms with E-state index in [1.165, 1.54) is 12.8 Å². The smallest absolute Gasteiger partial charge is 1.00 e. The molecule has 2 aliphatic rings. The van der Waals surface area contributed by atoms with Gasteiger partial charge in [0.1, 0.15) is 0 Å². The van der Waals surface area contributed by atoms with Gasteiger partial charge in [0.2, 0.25) is 0 Å². The second kappa shape index (κ2) is 9.18. The Morgan fingerprint density at radius 2 is 1.93 bits per heavy atom. The fourth-order valence-electron chi connectivity index (χ4n) is 1.96. The Hall–Kier alpha value is 0.934. The van der Waals surface area contributed by atoms with Crippen LogP contribution >= 0.6 is 0 Å². The molecule has 0 heterocycles. The third-order valence-corrected chi connectivity index (χ3v) is 2.45. The maximum atomic E-state index is 2.41. The van der Waals surface area contributed by atoms with E-state index < -0.39 is 0 Å². The van der Waals surface area contributed by atoms with Gasteiger partial charge < -0.3 is 37.2 Å². The normalized spacial score (nSPS) is 26.2. The molecular formula is C10H13Cl3Ti. The largest absolute Gasteiger partial charge is 4.00 e. The van der Waals surface area contributed by atoms with Gasteiger partial charge in [-0.3, -0.25) is 0 Å². The summed E-state index contributed by atoms with van der Waals surface area (Å²) in [7, 11) is 0. The molecule has 2 aliphatic carbocycles. The van der Waals surface area contributed by atoms with Gasteiger partial charge in [0.15, 0.2) is 0 Å². The molecule has 0 aromatic rings. The summed E-state index contributed by atoms with van der Waals surface area (Å²) in [4.78, 5) is 0. The van der Waals surface area contributed by atoms with Gasteiger partial charge in [0.05, 0.1) is 0 Å². The van der Waals surface area contributed by atoms with E-state index in [4.69, 9.17) is 0 Å². The minimum atomic E-state index is 0. The Labute approximate surface area is 120 Å². The zero-order chi connectivity index (χ0) is 6.97. The number of allylic oxidation sites excluding steroid dienone is 4. The summed E-state index contributed by atoms with van der Waals surface area (Å²) in [5.74, 6) is 1.68. The first kappa shape index (κ1) is 20.4. The first-order chi connectivity index (χ1) is 4.86. The fraction of sp³-hybridized carbons (Fsp3) is 0.500. The minimum absolute atomic E-state index is 0. The average Bonchev–Trinajstić information content (AvgIpc) is 2.27. The number of halogens is 3. The Morgan fingerprint density at radius 3 is 2.50 bits per heavy atom. The monoisotopic (exact) mass is 286 g/mol. The van der Waals surface area contributed by atoms with Crippen LogP contribution in [0.2, 0.25) is 0 Å². The Balaban J connectivity index is -0.000000302. The van der Waals surface area contributed by atoms with Crippen molar-refractivity contribution in [3.63, 3.8) is 0 Å². The van der Waals surface area contributed by atoms with Crippen LogP contribution in [0.1, 0.15) is 19.8 Å². The maximum absolute atomic E-state index is 2.41. The van der Waals surface area contributed by atoms with Crippen LogP contribution in [0.5, 0.6) is 0 Å². The quantitative estimate of drug-likeness (QED) is 0.307. The number of fused-ring (bicyclic) bond motifs is 1. The molecule has 0 aliphatic heterocycles. The van der Waals surface area contributed by atoms with E-state index in [1.54, 1.807) is 5.57 Å². The zero-order valence-corrected chi connectivity index (χ0v) is 11.8. The maximum Gasteiger partial charge on any atom is 4.00 e. The molecule has 1 fully saturated rings. The predicted octanol–water partition coefficient (Wildman–Crippen LogP) is -6.26. The summed E-state index contributed by atoms with van der Waals surface area (Å²) in [6.07, 6.45) is 11.8. The molecule has 0 N–H and O–H groups in total. The molecule has 78 valence electrons. The topological polar surface area (TPSA) is 0 Å². The zero-order valence-electron chi connectivity index (χ0n) is 8.01. The molecule has 0 amide bonds. The molecule has 2 rings (SSSR count). The van der Waals surface area contributed by atoms with Gasteiger partial charge in [-0.1, -0.05) is 19.3 Å². The van der Waals surface area contributed by atoms with E-state index in [9.17, 15) is 0 Å². The molecule has 0 aromatic heterocycles. The number of hydrogen-bond acceptors (Lipinski definition) is 0. The second-order valence-electron chi connectivity index (χ2n) is 3.41. The molecular weight excluding hydrogens is 274 g/mol. The van der Waals surface area contributed by atoms with Crippen molar-refractivity contribution in [1.29, 1.82) is 0 Å². The third kappa shape index (κ3) is 4.64. The van der Waals surface area contributed by atoms with Crippen molar-refractivity contribution in [3.05, 3.63) is 30.2 Å². The van der Waals surface area contributed by atoms with Crippen LogP contribution in [0, 0.1) is 18.3 Å². The van der Waals surface area contributed by atoms with Gasteiger partial charge in [-0.2, -0.15) is 0 Å². The van der Waals surface area contributed by atoms with Crippen molar-refractivity contribution < 1.29 is 58.9 Å². The molecule has 2 unspecified atom stereocenters. The SMILES string of the molecule is CC1[CH-]C2=CC=CCC2C1.[Cl-].[Cl-].[Cl-].[Ti+4]. The molecule has 0 radical (unpaired) electrons. The van der Waals surface area contributed by atoms with Crippen LogP contribution in [0.25, 0.3) is 0 Å². The fourth-order valence-corrected chi connectivity index (χ4v) is 1.96. The van der Waals surface area contributed by atoms with E-state index >= 15 is 0 Å². The van der Waals surface area contributed by atoms with E-state index in [-0.39, 0.29) is 58.9 Å². The van der Waals surface area contributed by atoms with Crippen LogP contribution in [0.3, 0.4) is 0 Å². The molecule has 0 spiro atoms. The van der Waals surface area contributed by atoms with Crippen molar-refractivity contribution in [1.82, 2.24) is 0 Å². The summed E-state index contributed by atoms with van der Waals surface area (Å²) in [5.41, 5.74) is 1.58. The van der Waals surface area contributed by atoms with Crippen LogP contribution in [-0.2, 0) is 21.7 Å². The van der Waals surface area contributed by atoms with Gasteiger partial charge in [0, 0.05) is 0 Å². The van der Waals surface area contributed by atoms with Crippen molar-refractivity contribution in [2.75, 3.05) is 0 Å². The van der Waals surface area contributed by atoms with E-state index in [0.29, 0.717) is 0 Å². The summed E-state index contributed by atoms with van der Waals surface area (Å²) < 4.78 is 0. The first-order valence-corrected chi connectivity index (χ1v) is 4.08. The van der Waals surface area contributed by atoms with Gasteiger partial charge in [-0.15, -0.1) is 12.2 Å². The molecule has 4 heteroatoms. The Bertz CT molecular complexity index is 202. The van der Waals surface area contributed by atoms with Crippen molar-refractivity contribution in [2.45, 2.75) is 19.8 Å². The van der Waals surface area contributed by atoms with Crippen LogP contribution in [0.4, 0.5) is 0 Å². The molecule has 0 nitrogen and oxygen atoms in total. The van der Waals surface area contributed by atoms with Gasteiger partial charge in [-0.25, -0.2) is 18.1 Å².